The van der Waals surface area contributed by atoms with Gasteiger partial charge in [-0.25, -0.2) is 0 Å². The summed E-state index contributed by atoms with van der Waals surface area (Å²) in [6, 6.07) is 0. The third-order valence-corrected chi connectivity index (χ3v) is 0.167. The Morgan fingerprint density at radius 2 is 0.696 bits per heavy atom. The van der Waals surface area contributed by atoms with Crippen LogP contribution < -0.4 is 70.6 Å². The molecule has 0 aromatic heterocycles. The van der Waals surface area contributed by atoms with E-state index in [0.717, 1.165) is 0 Å². The maximum absolute atomic E-state index is 8.89. The minimum atomic E-state index is -1.08. The van der Waals surface area contributed by atoms with Gasteiger partial charge in [0.1, 0.15) is 0 Å². The minimum Gasteiger partial charge on any atom is -1.00 e. The molecule has 0 aliphatic carbocycles. The maximum Gasteiger partial charge on any atom is 1.00 e. The predicted molar refractivity (Wildman–Crippen MR) is 72.3 cm³/mol. The molecule has 0 unspecified atom stereocenters. The molecule has 13 heteroatoms. The van der Waals surface area contributed by atoms with Crippen LogP contribution in [-0.4, -0.2) is 57.4 Å². The molecule has 0 fully saturated rings. The van der Waals surface area contributed by atoms with Crippen molar-refractivity contribution < 1.29 is 121 Å². The molecule has 0 heterocycles. The summed E-state index contributed by atoms with van der Waals surface area (Å²) < 4.78 is 0. The van der Waals surface area contributed by atoms with Crippen molar-refractivity contribution >= 4 is 23.9 Å². The number of hydrogen-bond acceptors (Lipinski definition) is 6. The van der Waals surface area contributed by atoms with E-state index in [1.165, 1.54) is 0 Å². The van der Waals surface area contributed by atoms with Crippen molar-refractivity contribution in [2.75, 3.05) is 13.1 Å². The van der Waals surface area contributed by atoms with Crippen molar-refractivity contribution in [3.05, 3.63) is 27.7 Å². The molecule has 0 saturated carbocycles. The maximum atomic E-state index is 8.89. The molecule has 0 rings (SSSR count). The summed E-state index contributed by atoms with van der Waals surface area (Å²) in [5, 5.41) is 29.2. The molecule has 0 aromatic rings. The Balaban J connectivity index is -0.0000000134. The number of rotatable bonds is 1. The Morgan fingerprint density at radius 1 is 0.652 bits per heavy atom. The molecule has 0 aliphatic heterocycles. The molecular formula is C10H22N2Na2O8Zn-4. The zero-order valence-electron chi connectivity index (χ0n) is 15.5. The molecule has 10 nitrogen and oxygen atoms in total. The second-order valence-electron chi connectivity index (χ2n) is 2.15. The monoisotopic (exact) mass is 408 g/mol. The van der Waals surface area contributed by atoms with Gasteiger partial charge >= 0.3 is 59.1 Å². The van der Waals surface area contributed by atoms with Gasteiger partial charge in [-0.15, -0.1) is 0 Å². The van der Waals surface area contributed by atoms with Crippen LogP contribution in [0.1, 0.15) is 2.85 Å². The van der Waals surface area contributed by atoms with Gasteiger partial charge in [0.2, 0.25) is 0 Å². The molecule has 8 N–H and O–H groups in total. The second-order valence-corrected chi connectivity index (χ2v) is 2.15. The molecule has 0 radical (unpaired) electrons. The van der Waals surface area contributed by atoms with Crippen LogP contribution in [0.5, 0.6) is 0 Å². The van der Waals surface area contributed by atoms with E-state index in [2.05, 4.69) is 27.7 Å². The summed E-state index contributed by atoms with van der Waals surface area (Å²) >= 11 is 0. The first-order valence-electron chi connectivity index (χ1n) is 4.44. The Bertz CT molecular complexity index is 215. The van der Waals surface area contributed by atoms with E-state index in [4.69, 9.17) is 51.1 Å². The average molecular weight is 410 g/mol. The molecule has 0 saturated heterocycles. The number of carboxylic acid groups (broad SMARTS) is 4. The van der Waals surface area contributed by atoms with Crippen molar-refractivity contribution in [3.63, 3.8) is 0 Å². The van der Waals surface area contributed by atoms with Gasteiger partial charge in [0, 0.05) is 32.6 Å². The quantitative estimate of drug-likeness (QED) is 0.178. The number of aliphatic carboxylic acids is 4. The summed E-state index contributed by atoms with van der Waals surface area (Å²) in [5.41, 5.74) is 9.81. The topological polar surface area (TPSA) is 201 Å². The molecule has 0 aromatic carbocycles. The van der Waals surface area contributed by atoms with E-state index >= 15 is 0 Å². The molecule has 0 aliphatic rings. The van der Waals surface area contributed by atoms with E-state index in [0.29, 0.717) is 13.1 Å². The van der Waals surface area contributed by atoms with Crippen LogP contribution in [-0.2, 0) is 38.7 Å². The van der Waals surface area contributed by atoms with Crippen LogP contribution in [0.2, 0.25) is 0 Å². The van der Waals surface area contributed by atoms with Gasteiger partial charge in [-0.2, -0.15) is 0 Å². The third kappa shape index (κ3) is 10600. The van der Waals surface area contributed by atoms with Crippen molar-refractivity contribution in [2.45, 2.75) is 0 Å². The molecule has 0 spiro atoms. The van der Waals surface area contributed by atoms with Gasteiger partial charge < -0.3 is 34.7 Å². The van der Waals surface area contributed by atoms with Crippen LogP contribution in [0.3, 0.4) is 0 Å². The molecule has 128 valence electrons. The van der Waals surface area contributed by atoms with Gasteiger partial charge in [0.15, 0.2) is 23.9 Å². The van der Waals surface area contributed by atoms with Crippen molar-refractivity contribution in [1.29, 1.82) is 0 Å². The van der Waals surface area contributed by atoms with Crippen LogP contribution in [0.4, 0.5) is 0 Å². The largest absolute Gasteiger partial charge is 1.00 e. The second kappa shape index (κ2) is 49.5. The molecule has 0 amide bonds. The molecule has 0 bridgehead atoms. The third-order valence-electron chi connectivity index (χ3n) is 0.167. The Labute approximate surface area is 195 Å². The Hall–Kier alpha value is -0.0966. The molecule has 23 heavy (non-hydrogen) atoms. The van der Waals surface area contributed by atoms with Gasteiger partial charge in [0.05, 0.1) is 0 Å². The van der Waals surface area contributed by atoms with E-state index in [1.807, 2.05) is 0 Å². The number of carbonyl (C=O) groups is 4. The first-order valence-corrected chi connectivity index (χ1v) is 4.44. The fourth-order valence-electron chi connectivity index (χ4n) is 0. The number of hydrogen-bond donors (Lipinski definition) is 6. The Kier molecular flexibility index (Phi) is 106. The van der Waals surface area contributed by atoms with Crippen LogP contribution in [0.25, 0.3) is 0 Å². The van der Waals surface area contributed by atoms with Gasteiger partial charge in [-0.05, 0) is 0 Å². The number of nitrogens with two attached hydrogens (primary N) is 2. The summed E-state index contributed by atoms with van der Waals surface area (Å²) in [5.74, 6) is -4.33. The van der Waals surface area contributed by atoms with Crippen LogP contribution >= 0.6 is 0 Å². The average Bonchev–Trinajstić information content (AvgIpc) is 2.13. The zero-order valence-corrected chi connectivity index (χ0v) is 20.5. The van der Waals surface area contributed by atoms with Crippen molar-refractivity contribution in [1.82, 2.24) is 0 Å². The first-order chi connectivity index (χ1) is 8.84. The van der Waals surface area contributed by atoms with Crippen LogP contribution in [0.15, 0.2) is 0 Å². The normalized spacial score (nSPS) is 5.48. The first kappa shape index (κ1) is 49.5. The SMILES string of the molecule is NCCN.[CH2-]C(=O)O.[CH2-]C(=O)O.[CH2-]C(=O)O.[CH2-]C(=O)O.[H-].[H-].[Na+].[Na+].[Zn]. The minimum absolute atomic E-state index is 0. The zero-order chi connectivity index (χ0) is 17.7. The summed E-state index contributed by atoms with van der Waals surface area (Å²) in [6.07, 6.45) is 0. The molecule has 0 atom stereocenters. The molecular weight excluding hydrogens is 387 g/mol. The van der Waals surface area contributed by atoms with E-state index in [1.54, 1.807) is 0 Å². The van der Waals surface area contributed by atoms with Gasteiger partial charge in [0.25, 0.3) is 0 Å². The number of carboxylic acids is 4. The fourth-order valence-corrected chi connectivity index (χ4v) is 0. The van der Waals surface area contributed by atoms with Gasteiger partial charge in [-0.3, -0.25) is 46.9 Å². The summed E-state index contributed by atoms with van der Waals surface area (Å²) in [6.45, 7) is 11.4. The Morgan fingerprint density at radius 3 is 0.696 bits per heavy atom. The van der Waals surface area contributed by atoms with Crippen molar-refractivity contribution in [2.24, 2.45) is 11.5 Å². The van der Waals surface area contributed by atoms with E-state index in [9.17, 15) is 0 Å². The van der Waals surface area contributed by atoms with Crippen LogP contribution in [0, 0.1) is 27.7 Å². The predicted octanol–water partition coefficient (Wildman–Crippen LogP) is -7.25. The summed E-state index contributed by atoms with van der Waals surface area (Å²) in [7, 11) is 0. The standard InChI is InChI=1S/C2H8N2.4C2H3O2.2Na.Zn.2H/c3-1-2-4;4*1-2(3)4;;;;;/h1-4H2;4*1H2,(H,3,4);;;;;/q;4*-1;2*+1;;2*-1. The smallest absolute Gasteiger partial charge is 1.00 e. The van der Waals surface area contributed by atoms with E-state index in [-0.39, 0.29) is 81.4 Å². The van der Waals surface area contributed by atoms with Gasteiger partial charge in [-0.1, -0.05) is 0 Å². The fraction of sp³-hybridized carbons (Fsp3) is 0.200. The van der Waals surface area contributed by atoms with Crippen molar-refractivity contribution in [3.8, 4) is 0 Å². The van der Waals surface area contributed by atoms with E-state index < -0.39 is 23.9 Å². The summed E-state index contributed by atoms with van der Waals surface area (Å²) in [4.78, 5) is 35.6.